The molecule has 0 saturated heterocycles. The summed E-state index contributed by atoms with van der Waals surface area (Å²) in [6.07, 6.45) is -0.866. The number of hydrogen-bond donors (Lipinski definition) is 4. The summed E-state index contributed by atoms with van der Waals surface area (Å²) in [5, 5.41) is 16.2. The normalized spacial score (nSPS) is 12.0. The Morgan fingerprint density at radius 2 is 1.78 bits per heavy atom. The van der Waals surface area contributed by atoms with E-state index >= 15 is 0 Å². The van der Waals surface area contributed by atoms with Gasteiger partial charge in [0.25, 0.3) is 0 Å². The number of anilines is 1. The van der Waals surface area contributed by atoms with Crippen molar-refractivity contribution in [3.63, 3.8) is 0 Å². The number of para-hydroxylation sites is 1. The number of aliphatic carboxylic acids is 1. The van der Waals surface area contributed by atoms with Crippen molar-refractivity contribution >= 4 is 23.8 Å². The smallest absolute Gasteiger partial charge is 0.408 e. The Labute approximate surface area is 134 Å². The first-order valence-electron chi connectivity index (χ1n) is 6.99. The number of amides is 3. The molecule has 1 rings (SSSR count). The first-order valence-corrected chi connectivity index (χ1v) is 6.99. The fourth-order valence-corrected chi connectivity index (χ4v) is 1.54. The second kappa shape index (κ2) is 8.02. The number of hydrogen-bond acceptors (Lipinski definition) is 4. The van der Waals surface area contributed by atoms with Crippen molar-refractivity contribution in [1.29, 1.82) is 0 Å². The Bertz CT molecular complexity index is 554. The van der Waals surface area contributed by atoms with E-state index in [2.05, 4.69) is 16.0 Å². The number of ether oxygens (including phenoxy) is 1. The second-order valence-corrected chi connectivity index (χ2v) is 5.74. The van der Waals surface area contributed by atoms with Gasteiger partial charge in [0.1, 0.15) is 11.6 Å². The molecule has 1 aromatic rings. The van der Waals surface area contributed by atoms with Gasteiger partial charge in [-0.15, -0.1) is 0 Å². The minimum atomic E-state index is -1.30. The van der Waals surface area contributed by atoms with Gasteiger partial charge in [-0.05, 0) is 32.9 Å². The van der Waals surface area contributed by atoms with Gasteiger partial charge in [0, 0.05) is 5.69 Å². The summed E-state index contributed by atoms with van der Waals surface area (Å²) in [4.78, 5) is 34.4. The third-order valence-electron chi connectivity index (χ3n) is 2.49. The average molecular weight is 323 g/mol. The molecule has 0 unspecified atom stereocenters. The number of alkyl carbamates (subject to hydrolysis) is 1. The molecule has 1 atom stereocenters. The van der Waals surface area contributed by atoms with Crippen LogP contribution in [0.15, 0.2) is 30.3 Å². The van der Waals surface area contributed by atoms with Crippen LogP contribution in [0.1, 0.15) is 20.8 Å². The Morgan fingerprint density at radius 3 is 2.30 bits per heavy atom. The SMILES string of the molecule is CC(C)(C)OC(=O)N[C@@H](CNC(=O)Nc1ccccc1)C(=O)O. The first-order chi connectivity index (χ1) is 10.7. The first kappa shape index (κ1) is 18.3. The molecule has 0 spiro atoms. The van der Waals surface area contributed by atoms with E-state index in [1.165, 1.54) is 0 Å². The van der Waals surface area contributed by atoms with E-state index in [-0.39, 0.29) is 6.54 Å². The molecule has 0 fully saturated rings. The van der Waals surface area contributed by atoms with Crippen molar-refractivity contribution in [1.82, 2.24) is 10.6 Å². The van der Waals surface area contributed by atoms with Gasteiger partial charge < -0.3 is 25.8 Å². The molecule has 0 radical (unpaired) electrons. The van der Waals surface area contributed by atoms with Crippen LogP contribution >= 0.6 is 0 Å². The van der Waals surface area contributed by atoms with Crippen molar-refractivity contribution in [2.24, 2.45) is 0 Å². The molecule has 8 nitrogen and oxygen atoms in total. The highest BCUT2D eigenvalue weighted by molar-refractivity contribution is 5.90. The summed E-state index contributed by atoms with van der Waals surface area (Å²) in [5.41, 5.74) is -0.178. The van der Waals surface area contributed by atoms with E-state index < -0.39 is 29.7 Å². The second-order valence-electron chi connectivity index (χ2n) is 5.74. The molecule has 4 N–H and O–H groups in total. The minimum absolute atomic E-state index is 0.284. The molecule has 3 amide bonds. The lowest BCUT2D eigenvalue weighted by molar-refractivity contribution is -0.139. The molecule has 0 aliphatic rings. The van der Waals surface area contributed by atoms with Crippen LogP contribution < -0.4 is 16.0 Å². The lowest BCUT2D eigenvalue weighted by Gasteiger charge is -2.22. The van der Waals surface area contributed by atoms with Crippen molar-refractivity contribution in [3.05, 3.63) is 30.3 Å². The Hall–Kier alpha value is -2.77. The number of urea groups is 1. The van der Waals surface area contributed by atoms with Gasteiger partial charge in [-0.1, -0.05) is 18.2 Å². The largest absolute Gasteiger partial charge is 0.480 e. The van der Waals surface area contributed by atoms with Gasteiger partial charge in [-0.3, -0.25) is 0 Å². The fraction of sp³-hybridized carbons (Fsp3) is 0.400. The summed E-state index contributed by atoms with van der Waals surface area (Å²) in [7, 11) is 0. The zero-order valence-electron chi connectivity index (χ0n) is 13.3. The van der Waals surface area contributed by atoms with Crippen LogP contribution in [0.2, 0.25) is 0 Å². The highest BCUT2D eigenvalue weighted by Gasteiger charge is 2.24. The van der Waals surface area contributed by atoms with Crippen molar-refractivity contribution < 1.29 is 24.2 Å². The summed E-state index contributed by atoms with van der Waals surface area (Å²) in [6, 6.07) is 6.80. The van der Waals surface area contributed by atoms with Crippen LogP contribution in [0.5, 0.6) is 0 Å². The Kier molecular flexibility index (Phi) is 6.37. The molecule has 0 heterocycles. The molecule has 0 bridgehead atoms. The van der Waals surface area contributed by atoms with E-state index in [1.807, 2.05) is 0 Å². The van der Waals surface area contributed by atoms with E-state index in [0.29, 0.717) is 5.69 Å². The number of carbonyl (C=O) groups is 3. The van der Waals surface area contributed by atoms with E-state index in [9.17, 15) is 14.4 Å². The minimum Gasteiger partial charge on any atom is -0.480 e. The fourth-order valence-electron chi connectivity index (χ4n) is 1.54. The van der Waals surface area contributed by atoms with Gasteiger partial charge >= 0.3 is 18.1 Å². The van der Waals surface area contributed by atoms with Gasteiger partial charge in [0.15, 0.2) is 0 Å². The highest BCUT2D eigenvalue weighted by Crippen LogP contribution is 2.07. The lowest BCUT2D eigenvalue weighted by atomic mass is 10.2. The van der Waals surface area contributed by atoms with Crippen LogP contribution in [-0.2, 0) is 9.53 Å². The van der Waals surface area contributed by atoms with Crippen molar-refractivity contribution in [2.45, 2.75) is 32.4 Å². The zero-order chi connectivity index (χ0) is 17.5. The topological polar surface area (TPSA) is 117 Å². The molecule has 23 heavy (non-hydrogen) atoms. The third kappa shape index (κ3) is 7.70. The van der Waals surface area contributed by atoms with Crippen molar-refractivity contribution in [3.8, 4) is 0 Å². The maximum absolute atomic E-state index is 11.7. The van der Waals surface area contributed by atoms with Crippen LogP contribution in [0.25, 0.3) is 0 Å². The van der Waals surface area contributed by atoms with Crippen LogP contribution in [0, 0.1) is 0 Å². The van der Waals surface area contributed by atoms with Gasteiger partial charge in [-0.25, -0.2) is 14.4 Å². The predicted molar refractivity (Wildman–Crippen MR) is 84.3 cm³/mol. The number of rotatable bonds is 5. The summed E-state index contributed by atoms with van der Waals surface area (Å²) in [6.45, 7) is 4.70. The van der Waals surface area contributed by atoms with Gasteiger partial charge in [0.2, 0.25) is 0 Å². The van der Waals surface area contributed by atoms with Crippen LogP contribution in [0.3, 0.4) is 0 Å². The molecule has 0 saturated carbocycles. The standard InChI is InChI=1S/C15H21N3O5/c1-15(2,3)23-14(22)18-11(12(19)20)9-16-13(21)17-10-7-5-4-6-8-10/h4-8,11H,9H2,1-3H3,(H,18,22)(H,19,20)(H2,16,17,21)/t11-/m0/s1. The number of carbonyl (C=O) groups excluding carboxylic acids is 2. The van der Waals surface area contributed by atoms with Crippen LogP contribution in [-0.4, -0.2) is 41.4 Å². The molecule has 0 aliphatic heterocycles. The van der Waals surface area contributed by atoms with E-state index in [1.54, 1.807) is 51.1 Å². The van der Waals surface area contributed by atoms with E-state index in [4.69, 9.17) is 9.84 Å². The number of carboxylic acids is 1. The highest BCUT2D eigenvalue weighted by atomic mass is 16.6. The maximum atomic E-state index is 11.7. The van der Waals surface area contributed by atoms with Gasteiger partial charge in [-0.2, -0.15) is 0 Å². The Balaban J connectivity index is 2.48. The molecule has 1 aromatic carbocycles. The zero-order valence-corrected chi connectivity index (χ0v) is 13.3. The van der Waals surface area contributed by atoms with E-state index in [0.717, 1.165) is 0 Å². The quantitative estimate of drug-likeness (QED) is 0.659. The lowest BCUT2D eigenvalue weighted by Crippen LogP contribution is -2.50. The summed E-state index contributed by atoms with van der Waals surface area (Å²) < 4.78 is 4.98. The third-order valence-corrected chi connectivity index (χ3v) is 2.49. The molecule has 126 valence electrons. The molecule has 0 aromatic heterocycles. The van der Waals surface area contributed by atoms with Crippen molar-refractivity contribution in [2.75, 3.05) is 11.9 Å². The molecule has 8 heteroatoms. The Morgan fingerprint density at radius 1 is 1.17 bits per heavy atom. The molecule has 0 aliphatic carbocycles. The number of benzene rings is 1. The molecular formula is C15H21N3O5. The average Bonchev–Trinajstić information content (AvgIpc) is 2.42. The predicted octanol–water partition coefficient (Wildman–Crippen LogP) is 1.79. The molecular weight excluding hydrogens is 302 g/mol. The number of carboxylic acid groups (broad SMARTS) is 1. The number of nitrogens with one attached hydrogen (secondary N) is 3. The maximum Gasteiger partial charge on any atom is 0.408 e. The monoisotopic (exact) mass is 323 g/mol. The summed E-state index contributed by atoms with van der Waals surface area (Å²) >= 11 is 0. The van der Waals surface area contributed by atoms with Gasteiger partial charge in [0.05, 0.1) is 6.54 Å². The van der Waals surface area contributed by atoms with Crippen LogP contribution in [0.4, 0.5) is 15.3 Å². The summed E-state index contributed by atoms with van der Waals surface area (Å²) in [5.74, 6) is -1.28.